The molecule has 3 saturated carbocycles. The molecule has 0 aromatic heterocycles. The Morgan fingerprint density at radius 2 is 1.91 bits per heavy atom. The van der Waals surface area contributed by atoms with E-state index in [0.29, 0.717) is 17.7 Å². The van der Waals surface area contributed by atoms with Gasteiger partial charge in [0.25, 0.3) is 0 Å². The number of esters is 1. The van der Waals surface area contributed by atoms with Crippen molar-refractivity contribution in [3.63, 3.8) is 0 Å². The summed E-state index contributed by atoms with van der Waals surface area (Å²) in [5, 5.41) is 0. The highest BCUT2D eigenvalue weighted by Gasteiger charge is 2.59. The van der Waals surface area contributed by atoms with Gasteiger partial charge in [0.05, 0.1) is 6.42 Å². The van der Waals surface area contributed by atoms with Crippen LogP contribution < -0.4 is 0 Å². The highest BCUT2D eigenvalue weighted by atomic mass is 35.5. The van der Waals surface area contributed by atoms with Gasteiger partial charge in [0.2, 0.25) is 0 Å². The summed E-state index contributed by atoms with van der Waals surface area (Å²) < 4.78 is 5.88. The SMILES string of the molecule is CC(C)CCC[C@@H](C)[C@H]1CC[C@H]2[C@@H]3CC=C4CC[C@H](OC(=O)CCCl)C[C@]4(C)[C@H]3CC[C@]12C. The number of hydrogen-bond donors (Lipinski definition) is 0. The molecule has 4 aliphatic rings. The molecule has 3 fully saturated rings. The van der Waals surface area contributed by atoms with Crippen LogP contribution in [0.5, 0.6) is 0 Å². The maximum absolute atomic E-state index is 12.1. The zero-order chi connectivity index (χ0) is 23.8. The van der Waals surface area contributed by atoms with Crippen LogP contribution in [0, 0.1) is 46.3 Å². The van der Waals surface area contributed by atoms with E-state index in [1.54, 1.807) is 5.57 Å². The molecule has 0 spiro atoms. The van der Waals surface area contributed by atoms with Crippen LogP contribution in [0.3, 0.4) is 0 Å². The summed E-state index contributed by atoms with van der Waals surface area (Å²) >= 11 is 5.77. The molecule has 0 bridgehead atoms. The van der Waals surface area contributed by atoms with Crippen molar-refractivity contribution in [3.8, 4) is 0 Å². The van der Waals surface area contributed by atoms with Gasteiger partial charge in [0.1, 0.15) is 6.10 Å². The first-order valence-electron chi connectivity index (χ1n) is 14.1. The van der Waals surface area contributed by atoms with Crippen LogP contribution in [0.1, 0.15) is 112 Å². The van der Waals surface area contributed by atoms with Crippen molar-refractivity contribution >= 4 is 17.6 Å². The van der Waals surface area contributed by atoms with E-state index in [1.807, 2.05) is 0 Å². The van der Waals surface area contributed by atoms with Crippen molar-refractivity contribution in [2.45, 2.75) is 118 Å². The van der Waals surface area contributed by atoms with Crippen LogP contribution in [-0.4, -0.2) is 18.0 Å². The third-order valence-corrected chi connectivity index (χ3v) is 11.0. The molecule has 0 N–H and O–H groups in total. The van der Waals surface area contributed by atoms with Gasteiger partial charge in [0, 0.05) is 5.88 Å². The third-order valence-electron chi connectivity index (χ3n) is 10.8. The number of alkyl halides is 1. The summed E-state index contributed by atoms with van der Waals surface area (Å²) in [6.07, 6.45) is 17.3. The van der Waals surface area contributed by atoms with Crippen molar-refractivity contribution in [1.29, 1.82) is 0 Å². The van der Waals surface area contributed by atoms with Gasteiger partial charge in [-0.25, -0.2) is 0 Å². The zero-order valence-electron chi connectivity index (χ0n) is 22.0. The number of halogens is 1. The molecule has 2 nitrogen and oxygen atoms in total. The number of allylic oxidation sites excluding steroid dienone is 2. The van der Waals surface area contributed by atoms with Gasteiger partial charge in [-0.3, -0.25) is 4.79 Å². The fourth-order valence-corrected chi connectivity index (χ4v) is 9.32. The quantitative estimate of drug-likeness (QED) is 0.199. The summed E-state index contributed by atoms with van der Waals surface area (Å²) in [6, 6.07) is 0. The second kappa shape index (κ2) is 10.2. The second-order valence-electron chi connectivity index (χ2n) is 13.1. The zero-order valence-corrected chi connectivity index (χ0v) is 22.8. The number of fused-ring (bicyclic) bond motifs is 5. The number of hydrogen-bond acceptors (Lipinski definition) is 2. The first-order chi connectivity index (χ1) is 15.7. The lowest BCUT2D eigenvalue weighted by Crippen LogP contribution is -2.51. The maximum Gasteiger partial charge on any atom is 0.307 e. The largest absolute Gasteiger partial charge is 0.462 e. The highest BCUT2D eigenvalue weighted by Crippen LogP contribution is 2.67. The van der Waals surface area contributed by atoms with E-state index in [0.717, 1.165) is 54.8 Å². The summed E-state index contributed by atoms with van der Waals surface area (Å²) in [4.78, 5) is 12.1. The van der Waals surface area contributed by atoms with Gasteiger partial charge in [0.15, 0.2) is 0 Å². The minimum Gasteiger partial charge on any atom is -0.462 e. The normalized spacial score (nSPS) is 41.1. The van der Waals surface area contributed by atoms with Gasteiger partial charge < -0.3 is 4.74 Å². The van der Waals surface area contributed by atoms with Crippen molar-refractivity contribution < 1.29 is 9.53 Å². The Bertz CT molecular complexity index is 729. The lowest BCUT2D eigenvalue weighted by molar-refractivity contribution is -0.153. The Morgan fingerprint density at radius 1 is 1.12 bits per heavy atom. The molecule has 4 aliphatic carbocycles. The summed E-state index contributed by atoms with van der Waals surface area (Å²) in [5.74, 6) is 5.31. The van der Waals surface area contributed by atoms with Crippen LogP contribution in [0.25, 0.3) is 0 Å². The highest BCUT2D eigenvalue weighted by molar-refractivity contribution is 6.18. The van der Waals surface area contributed by atoms with Crippen LogP contribution in [0.2, 0.25) is 0 Å². The van der Waals surface area contributed by atoms with Gasteiger partial charge in [-0.05, 0) is 97.7 Å². The molecule has 0 amide bonds. The fraction of sp³-hybridized carbons (Fsp3) is 0.900. The average Bonchev–Trinajstić information content (AvgIpc) is 3.10. The standard InChI is InChI=1S/C30H49ClO2/c1-20(2)7-6-8-21(3)25-13-14-26-24-12-10-22-9-11-23(33-28(32)16-18-31)19-30(22,5)27(24)15-17-29(25,26)4/h10,20-21,23-27H,6-9,11-19H2,1-5H3/t21-,23+,24+,25-,26+,27+,29-,30+/m1/s1. The summed E-state index contributed by atoms with van der Waals surface area (Å²) in [5.41, 5.74) is 2.42. The molecule has 8 atom stereocenters. The van der Waals surface area contributed by atoms with Crippen LogP contribution in [-0.2, 0) is 9.53 Å². The van der Waals surface area contributed by atoms with Crippen molar-refractivity contribution in [2.24, 2.45) is 46.3 Å². The monoisotopic (exact) mass is 476 g/mol. The van der Waals surface area contributed by atoms with E-state index in [2.05, 4.69) is 40.7 Å². The van der Waals surface area contributed by atoms with Crippen molar-refractivity contribution in [1.82, 2.24) is 0 Å². The van der Waals surface area contributed by atoms with E-state index in [-0.39, 0.29) is 17.5 Å². The molecule has 0 aromatic carbocycles. The number of ether oxygens (including phenoxy) is 1. The van der Waals surface area contributed by atoms with E-state index < -0.39 is 0 Å². The maximum atomic E-state index is 12.1. The molecule has 0 radical (unpaired) electrons. The van der Waals surface area contributed by atoms with Crippen LogP contribution in [0.4, 0.5) is 0 Å². The molecule has 0 aromatic rings. The number of carbonyl (C=O) groups is 1. The molecular weight excluding hydrogens is 428 g/mol. The molecule has 0 heterocycles. The molecule has 0 aliphatic heterocycles. The smallest absolute Gasteiger partial charge is 0.307 e. The minimum atomic E-state index is -0.111. The van der Waals surface area contributed by atoms with Crippen LogP contribution in [0.15, 0.2) is 11.6 Å². The molecular formula is C30H49ClO2. The Labute approximate surface area is 208 Å². The third kappa shape index (κ3) is 4.94. The van der Waals surface area contributed by atoms with Gasteiger partial charge in [-0.15, -0.1) is 11.6 Å². The number of rotatable bonds is 8. The van der Waals surface area contributed by atoms with Gasteiger partial charge >= 0.3 is 5.97 Å². The first-order valence-corrected chi connectivity index (χ1v) is 14.7. The average molecular weight is 477 g/mol. The molecule has 3 heteroatoms. The first kappa shape index (κ1) is 25.6. The number of carbonyl (C=O) groups excluding carboxylic acids is 1. The van der Waals surface area contributed by atoms with Crippen LogP contribution >= 0.6 is 11.6 Å². The fourth-order valence-electron chi connectivity index (χ4n) is 9.17. The molecule has 0 unspecified atom stereocenters. The Kier molecular flexibility index (Phi) is 7.94. The molecule has 4 rings (SSSR count). The van der Waals surface area contributed by atoms with Crippen molar-refractivity contribution in [2.75, 3.05) is 5.88 Å². The van der Waals surface area contributed by atoms with E-state index in [9.17, 15) is 4.79 Å². The predicted molar refractivity (Wildman–Crippen MR) is 138 cm³/mol. The molecule has 188 valence electrons. The Balaban J connectivity index is 1.46. The van der Waals surface area contributed by atoms with Gasteiger partial charge in [-0.1, -0.05) is 65.5 Å². The minimum absolute atomic E-state index is 0.0761. The predicted octanol–water partition coefficient (Wildman–Crippen LogP) is 8.57. The summed E-state index contributed by atoms with van der Waals surface area (Å²) in [6.45, 7) is 12.5. The van der Waals surface area contributed by atoms with Gasteiger partial charge in [-0.2, -0.15) is 0 Å². The topological polar surface area (TPSA) is 26.3 Å². The lowest BCUT2D eigenvalue weighted by atomic mass is 9.47. The lowest BCUT2D eigenvalue weighted by Gasteiger charge is -2.58. The van der Waals surface area contributed by atoms with E-state index >= 15 is 0 Å². The Hall–Kier alpha value is -0.500. The summed E-state index contributed by atoms with van der Waals surface area (Å²) in [7, 11) is 0. The second-order valence-corrected chi connectivity index (χ2v) is 13.5. The molecule has 33 heavy (non-hydrogen) atoms. The van der Waals surface area contributed by atoms with Crippen molar-refractivity contribution in [3.05, 3.63) is 11.6 Å². The Morgan fingerprint density at radius 3 is 2.64 bits per heavy atom. The van der Waals surface area contributed by atoms with E-state index in [4.69, 9.17) is 16.3 Å². The molecule has 0 saturated heterocycles. The van der Waals surface area contributed by atoms with E-state index in [1.165, 1.54) is 51.4 Å².